The maximum absolute atomic E-state index is 11.6. The standard InChI is InChI=1S/C15H20N2O6/c1-14(2,3)23-13(22)17-10-6-5-9(8-16-10)7-15(4,11(18)19)12(20)21/h5-6,8H,7H2,1-4H3,(H,18,19)(H,20,21)(H,16,17,22). The Morgan fingerprint density at radius 3 is 2.09 bits per heavy atom. The summed E-state index contributed by atoms with van der Waals surface area (Å²) in [6.45, 7) is 6.30. The van der Waals surface area contributed by atoms with E-state index in [4.69, 9.17) is 14.9 Å². The summed E-state index contributed by atoms with van der Waals surface area (Å²) in [4.78, 5) is 37.8. The highest BCUT2D eigenvalue weighted by molar-refractivity contribution is 5.98. The summed E-state index contributed by atoms with van der Waals surface area (Å²) in [6.07, 6.45) is 0.424. The number of pyridine rings is 1. The summed E-state index contributed by atoms with van der Waals surface area (Å²) in [5, 5.41) is 20.6. The van der Waals surface area contributed by atoms with Crippen LogP contribution < -0.4 is 5.32 Å². The van der Waals surface area contributed by atoms with Crippen LogP contribution in [0.25, 0.3) is 0 Å². The van der Waals surface area contributed by atoms with Crippen LogP contribution in [0.2, 0.25) is 0 Å². The molecule has 0 aliphatic heterocycles. The van der Waals surface area contributed by atoms with Crippen molar-refractivity contribution in [3.05, 3.63) is 23.9 Å². The summed E-state index contributed by atoms with van der Waals surface area (Å²) in [5.74, 6) is -2.64. The highest BCUT2D eigenvalue weighted by Crippen LogP contribution is 2.23. The Hall–Kier alpha value is -2.64. The molecule has 0 aliphatic carbocycles. The molecule has 0 aliphatic rings. The van der Waals surface area contributed by atoms with E-state index in [1.807, 2.05) is 0 Å². The van der Waals surface area contributed by atoms with E-state index in [-0.39, 0.29) is 12.2 Å². The first-order valence-electron chi connectivity index (χ1n) is 6.86. The number of carbonyl (C=O) groups is 3. The van der Waals surface area contributed by atoms with E-state index in [2.05, 4.69) is 10.3 Å². The van der Waals surface area contributed by atoms with Gasteiger partial charge in [0, 0.05) is 12.6 Å². The Morgan fingerprint density at radius 2 is 1.70 bits per heavy atom. The predicted octanol–water partition coefficient (Wildman–Crippen LogP) is 2.15. The second-order valence-electron chi connectivity index (χ2n) is 6.30. The molecule has 8 nitrogen and oxygen atoms in total. The van der Waals surface area contributed by atoms with Gasteiger partial charge in [-0.3, -0.25) is 14.9 Å². The fourth-order valence-electron chi connectivity index (χ4n) is 1.66. The van der Waals surface area contributed by atoms with Gasteiger partial charge in [-0.2, -0.15) is 0 Å². The number of hydrogen-bond acceptors (Lipinski definition) is 5. The van der Waals surface area contributed by atoms with E-state index < -0.39 is 29.0 Å². The number of nitrogens with one attached hydrogen (secondary N) is 1. The lowest BCUT2D eigenvalue weighted by Crippen LogP contribution is -2.38. The van der Waals surface area contributed by atoms with E-state index in [0.29, 0.717) is 5.56 Å². The lowest BCUT2D eigenvalue weighted by atomic mass is 9.84. The van der Waals surface area contributed by atoms with Crippen LogP contribution in [0.1, 0.15) is 33.3 Å². The molecular formula is C15H20N2O6. The van der Waals surface area contributed by atoms with Crippen LogP contribution in [0.15, 0.2) is 18.3 Å². The molecule has 1 rings (SSSR count). The minimum Gasteiger partial charge on any atom is -0.480 e. The Labute approximate surface area is 133 Å². The molecule has 3 N–H and O–H groups in total. The second kappa shape index (κ2) is 6.64. The molecule has 0 bridgehead atoms. The fourth-order valence-corrected chi connectivity index (χ4v) is 1.66. The number of aliphatic carboxylic acids is 2. The number of carbonyl (C=O) groups excluding carboxylic acids is 1. The summed E-state index contributed by atoms with van der Waals surface area (Å²) < 4.78 is 5.07. The van der Waals surface area contributed by atoms with Crippen LogP contribution in [0.3, 0.4) is 0 Å². The number of anilines is 1. The van der Waals surface area contributed by atoms with Gasteiger partial charge < -0.3 is 14.9 Å². The van der Waals surface area contributed by atoms with Crippen LogP contribution >= 0.6 is 0 Å². The van der Waals surface area contributed by atoms with E-state index in [1.54, 1.807) is 20.8 Å². The van der Waals surface area contributed by atoms with E-state index in [0.717, 1.165) is 6.92 Å². The molecule has 1 amide bonds. The third-order valence-electron chi connectivity index (χ3n) is 2.96. The van der Waals surface area contributed by atoms with Gasteiger partial charge in [-0.05, 0) is 39.3 Å². The monoisotopic (exact) mass is 324 g/mol. The third kappa shape index (κ3) is 5.24. The molecule has 0 saturated carbocycles. The quantitative estimate of drug-likeness (QED) is 0.708. The summed E-state index contributed by atoms with van der Waals surface area (Å²) >= 11 is 0. The summed E-state index contributed by atoms with van der Waals surface area (Å²) in [6, 6.07) is 2.95. The lowest BCUT2D eigenvalue weighted by Gasteiger charge is -2.20. The van der Waals surface area contributed by atoms with Crippen molar-refractivity contribution in [3.8, 4) is 0 Å². The lowest BCUT2D eigenvalue weighted by molar-refractivity contribution is -0.163. The van der Waals surface area contributed by atoms with Crippen molar-refractivity contribution in [2.75, 3.05) is 5.32 Å². The Bertz CT molecular complexity index is 589. The maximum atomic E-state index is 11.6. The van der Waals surface area contributed by atoms with Crippen LogP contribution in [-0.4, -0.2) is 38.8 Å². The fraction of sp³-hybridized carbons (Fsp3) is 0.467. The summed E-state index contributed by atoms with van der Waals surface area (Å²) in [5.41, 5.74) is -2.16. The van der Waals surface area contributed by atoms with Crippen molar-refractivity contribution in [1.82, 2.24) is 4.98 Å². The molecule has 1 aromatic heterocycles. The number of aromatic nitrogens is 1. The van der Waals surface area contributed by atoms with Gasteiger partial charge in [0.25, 0.3) is 0 Å². The number of amides is 1. The minimum atomic E-state index is -1.94. The van der Waals surface area contributed by atoms with Gasteiger partial charge in [0.15, 0.2) is 5.41 Å². The minimum absolute atomic E-state index is 0.218. The maximum Gasteiger partial charge on any atom is 0.413 e. The first-order chi connectivity index (χ1) is 10.4. The average Bonchev–Trinajstić information content (AvgIpc) is 2.38. The van der Waals surface area contributed by atoms with Gasteiger partial charge in [0.1, 0.15) is 11.4 Å². The number of carboxylic acid groups (broad SMARTS) is 2. The van der Waals surface area contributed by atoms with Gasteiger partial charge in [-0.25, -0.2) is 9.78 Å². The van der Waals surface area contributed by atoms with Crippen molar-refractivity contribution in [2.45, 2.75) is 39.7 Å². The van der Waals surface area contributed by atoms with Gasteiger partial charge >= 0.3 is 18.0 Å². The third-order valence-corrected chi connectivity index (χ3v) is 2.96. The molecule has 8 heteroatoms. The number of ether oxygens (including phenoxy) is 1. The van der Waals surface area contributed by atoms with Crippen molar-refractivity contribution in [2.24, 2.45) is 5.41 Å². The zero-order valence-corrected chi connectivity index (χ0v) is 13.4. The Balaban J connectivity index is 2.79. The SMILES string of the molecule is CC(C)(C)OC(=O)Nc1ccc(CC(C)(C(=O)O)C(=O)O)cn1. The summed E-state index contributed by atoms with van der Waals surface area (Å²) in [7, 11) is 0. The van der Waals surface area contributed by atoms with Gasteiger partial charge in [-0.1, -0.05) is 6.07 Å². The molecule has 0 atom stereocenters. The van der Waals surface area contributed by atoms with Crippen LogP contribution in [0.4, 0.5) is 10.6 Å². The second-order valence-corrected chi connectivity index (χ2v) is 6.30. The molecule has 126 valence electrons. The predicted molar refractivity (Wildman–Crippen MR) is 81.2 cm³/mol. The van der Waals surface area contributed by atoms with E-state index >= 15 is 0 Å². The highest BCUT2D eigenvalue weighted by atomic mass is 16.6. The number of rotatable bonds is 5. The number of nitrogens with zero attached hydrogens (tertiary/aromatic N) is 1. The largest absolute Gasteiger partial charge is 0.480 e. The van der Waals surface area contributed by atoms with Crippen LogP contribution in [-0.2, 0) is 20.7 Å². The molecule has 0 saturated heterocycles. The van der Waals surface area contributed by atoms with Crippen molar-refractivity contribution in [3.63, 3.8) is 0 Å². The normalized spacial score (nSPS) is 11.7. The van der Waals surface area contributed by atoms with E-state index in [9.17, 15) is 14.4 Å². The molecule has 0 unspecified atom stereocenters. The molecule has 0 fully saturated rings. The topological polar surface area (TPSA) is 126 Å². The van der Waals surface area contributed by atoms with Gasteiger partial charge in [0.2, 0.25) is 0 Å². The Kier molecular flexibility index (Phi) is 5.31. The molecule has 1 aromatic rings. The van der Waals surface area contributed by atoms with Crippen molar-refractivity contribution < 1.29 is 29.3 Å². The first kappa shape index (κ1) is 18.4. The number of carboxylic acids is 2. The van der Waals surface area contributed by atoms with Crippen molar-refractivity contribution >= 4 is 23.8 Å². The first-order valence-corrected chi connectivity index (χ1v) is 6.86. The zero-order chi connectivity index (χ0) is 17.8. The molecular weight excluding hydrogens is 304 g/mol. The van der Waals surface area contributed by atoms with Crippen LogP contribution in [0.5, 0.6) is 0 Å². The zero-order valence-electron chi connectivity index (χ0n) is 13.4. The molecule has 0 spiro atoms. The highest BCUT2D eigenvalue weighted by Gasteiger charge is 2.41. The van der Waals surface area contributed by atoms with Gasteiger partial charge in [0.05, 0.1) is 0 Å². The average molecular weight is 324 g/mol. The smallest absolute Gasteiger partial charge is 0.413 e. The van der Waals surface area contributed by atoms with Crippen molar-refractivity contribution in [1.29, 1.82) is 0 Å². The van der Waals surface area contributed by atoms with E-state index in [1.165, 1.54) is 18.3 Å². The molecule has 1 heterocycles. The molecule has 23 heavy (non-hydrogen) atoms. The molecule has 0 radical (unpaired) electrons. The molecule has 0 aromatic carbocycles. The Morgan fingerprint density at radius 1 is 1.13 bits per heavy atom. The van der Waals surface area contributed by atoms with Gasteiger partial charge in [-0.15, -0.1) is 0 Å². The van der Waals surface area contributed by atoms with Crippen LogP contribution in [0, 0.1) is 5.41 Å². The number of hydrogen-bond donors (Lipinski definition) is 3.